The Balaban J connectivity index is 1.89. The zero-order valence-electron chi connectivity index (χ0n) is 14.3. The lowest BCUT2D eigenvalue weighted by molar-refractivity contribution is 0.00712. The monoisotopic (exact) mass is 356 g/mol. The number of hydrogen-bond donors (Lipinski definition) is 2. The van der Waals surface area contributed by atoms with E-state index in [9.17, 15) is 9.90 Å². The number of rotatable bonds is 6. The number of nitrogens with two attached hydrogens (primary N) is 1. The quantitative estimate of drug-likeness (QED) is 0.765. The molecule has 134 valence electrons. The van der Waals surface area contributed by atoms with Crippen LogP contribution in [0.2, 0.25) is 5.02 Å². The first-order valence-corrected chi connectivity index (χ1v) is 8.39. The van der Waals surface area contributed by atoms with Gasteiger partial charge in [0.05, 0.1) is 11.6 Å². The van der Waals surface area contributed by atoms with Gasteiger partial charge in [-0.15, -0.1) is 0 Å². The Bertz CT molecular complexity index is 584. The van der Waals surface area contributed by atoms with Crippen LogP contribution in [-0.4, -0.2) is 47.0 Å². The molecule has 1 aromatic rings. The topological polar surface area (TPSA) is 85.0 Å². The van der Waals surface area contributed by atoms with Crippen LogP contribution in [0.5, 0.6) is 5.75 Å². The number of aliphatic hydroxyl groups excluding tert-OH is 1. The van der Waals surface area contributed by atoms with Crippen LogP contribution in [0.1, 0.15) is 33.6 Å². The first kappa shape index (κ1) is 18.7. The van der Waals surface area contributed by atoms with E-state index in [-0.39, 0.29) is 19.2 Å². The number of aliphatic hydroxyl groups is 1. The van der Waals surface area contributed by atoms with E-state index >= 15 is 0 Å². The summed E-state index contributed by atoms with van der Waals surface area (Å²) in [5, 5.41) is 10.6. The maximum atomic E-state index is 12.3. The maximum absolute atomic E-state index is 12.3. The van der Waals surface area contributed by atoms with E-state index in [2.05, 4.69) is 0 Å². The minimum atomic E-state index is -0.841. The minimum Gasteiger partial charge on any atom is -0.489 e. The highest BCUT2D eigenvalue weighted by Crippen LogP contribution is 2.29. The van der Waals surface area contributed by atoms with Crippen LogP contribution in [0.4, 0.5) is 10.5 Å². The second-order valence-corrected chi connectivity index (χ2v) is 7.43. The summed E-state index contributed by atoms with van der Waals surface area (Å²) in [5.74, 6) is 0.445. The van der Waals surface area contributed by atoms with Crippen molar-refractivity contribution in [2.45, 2.75) is 51.4 Å². The van der Waals surface area contributed by atoms with Gasteiger partial charge in [-0.25, -0.2) is 4.79 Å². The van der Waals surface area contributed by atoms with Gasteiger partial charge in [0.1, 0.15) is 24.1 Å². The summed E-state index contributed by atoms with van der Waals surface area (Å²) in [5.41, 5.74) is 5.60. The Morgan fingerprint density at radius 2 is 2.12 bits per heavy atom. The van der Waals surface area contributed by atoms with E-state index in [0.29, 0.717) is 16.5 Å². The number of ether oxygens (including phenoxy) is 2. The summed E-state index contributed by atoms with van der Waals surface area (Å²) in [6.07, 6.45) is 0.606. The zero-order chi connectivity index (χ0) is 17.9. The highest BCUT2D eigenvalue weighted by Gasteiger charge is 2.36. The van der Waals surface area contributed by atoms with Crippen LogP contribution >= 0.6 is 11.6 Å². The number of halogens is 1. The molecule has 0 aromatic heterocycles. The molecule has 1 aromatic carbocycles. The number of nitrogens with zero attached hydrogens (tertiary/aromatic N) is 1. The molecule has 1 aliphatic carbocycles. The molecule has 3 N–H and O–H groups in total. The summed E-state index contributed by atoms with van der Waals surface area (Å²) in [7, 11) is 0. The number of nitrogen functional groups attached to an aromatic ring is 1. The van der Waals surface area contributed by atoms with Gasteiger partial charge in [0.15, 0.2) is 0 Å². The number of hydrogen-bond acceptors (Lipinski definition) is 5. The van der Waals surface area contributed by atoms with Crippen LogP contribution in [0, 0.1) is 0 Å². The van der Waals surface area contributed by atoms with E-state index in [4.69, 9.17) is 26.8 Å². The van der Waals surface area contributed by atoms with Gasteiger partial charge < -0.3 is 25.2 Å². The van der Waals surface area contributed by atoms with Gasteiger partial charge in [-0.3, -0.25) is 0 Å². The third-order valence-corrected chi connectivity index (χ3v) is 3.71. The van der Waals surface area contributed by atoms with Crippen molar-refractivity contribution in [1.29, 1.82) is 0 Å². The maximum Gasteiger partial charge on any atom is 0.410 e. The molecule has 1 fully saturated rings. The molecule has 1 atom stereocenters. The van der Waals surface area contributed by atoms with Gasteiger partial charge in [-0.1, -0.05) is 11.6 Å². The van der Waals surface area contributed by atoms with Crippen LogP contribution in [0.15, 0.2) is 18.2 Å². The molecule has 1 aliphatic rings. The number of amides is 1. The Kier molecular flexibility index (Phi) is 5.83. The summed E-state index contributed by atoms with van der Waals surface area (Å²) in [6.45, 7) is 5.64. The van der Waals surface area contributed by atoms with Crippen molar-refractivity contribution in [3.8, 4) is 5.75 Å². The van der Waals surface area contributed by atoms with Gasteiger partial charge in [0.25, 0.3) is 0 Å². The van der Waals surface area contributed by atoms with E-state index in [1.54, 1.807) is 23.1 Å². The SMILES string of the molecule is CC(C)(C)OC(=O)N(CC(O)COc1ccc(N)cc1Cl)C1CC1. The third-order valence-electron chi connectivity index (χ3n) is 3.41. The summed E-state index contributed by atoms with van der Waals surface area (Å²) < 4.78 is 10.9. The average Bonchev–Trinajstić information content (AvgIpc) is 3.26. The Morgan fingerprint density at radius 1 is 1.46 bits per heavy atom. The number of anilines is 1. The van der Waals surface area contributed by atoms with Crippen molar-refractivity contribution in [3.63, 3.8) is 0 Å². The lowest BCUT2D eigenvalue weighted by Crippen LogP contribution is -2.43. The fraction of sp³-hybridized carbons (Fsp3) is 0.588. The predicted octanol–water partition coefficient (Wildman–Crippen LogP) is 3.06. The van der Waals surface area contributed by atoms with Crippen molar-refractivity contribution >= 4 is 23.4 Å². The smallest absolute Gasteiger partial charge is 0.410 e. The third kappa shape index (κ3) is 5.76. The zero-order valence-corrected chi connectivity index (χ0v) is 15.0. The van der Waals surface area contributed by atoms with E-state index in [1.165, 1.54) is 0 Å². The van der Waals surface area contributed by atoms with Gasteiger partial charge in [0.2, 0.25) is 0 Å². The number of benzene rings is 1. The first-order valence-electron chi connectivity index (χ1n) is 8.01. The summed E-state index contributed by atoms with van der Waals surface area (Å²) in [6, 6.07) is 5.04. The molecule has 0 spiro atoms. The van der Waals surface area contributed by atoms with E-state index in [1.807, 2.05) is 20.8 Å². The van der Waals surface area contributed by atoms with Gasteiger partial charge in [0, 0.05) is 11.7 Å². The molecule has 2 rings (SSSR count). The Labute approximate surface area is 147 Å². The predicted molar refractivity (Wildman–Crippen MR) is 93.3 cm³/mol. The largest absolute Gasteiger partial charge is 0.489 e. The van der Waals surface area contributed by atoms with Gasteiger partial charge in [-0.2, -0.15) is 0 Å². The van der Waals surface area contributed by atoms with Crippen molar-refractivity contribution in [2.24, 2.45) is 0 Å². The second kappa shape index (κ2) is 7.49. The van der Waals surface area contributed by atoms with Crippen LogP contribution in [0.25, 0.3) is 0 Å². The molecular formula is C17H25ClN2O4. The molecule has 24 heavy (non-hydrogen) atoms. The number of carbonyl (C=O) groups excluding carboxylic acids is 1. The Hall–Kier alpha value is -1.66. The normalized spacial score (nSPS) is 15.7. The van der Waals surface area contributed by atoms with Gasteiger partial charge >= 0.3 is 6.09 Å². The van der Waals surface area contributed by atoms with E-state index < -0.39 is 17.8 Å². The lowest BCUT2D eigenvalue weighted by Gasteiger charge is -2.29. The Morgan fingerprint density at radius 3 is 2.67 bits per heavy atom. The van der Waals surface area contributed by atoms with Crippen LogP contribution in [-0.2, 0) is 4.74 Å². The van der Waals surface area contributed by atoms with Crippen molar-refractivity contribution in [2.75, 3.05) is 18.9 Å². The minimum absolute atomic E-state index is 0.0235. The molecule has 0 bridgehead atoms. The number of carbonyl (C=O) groups is 1. The molecule has 7 heteroatoms. The molecule has 1 unspecified atom stereocenters. The van der Waals surface area contributed by atoms with Crippen molar-refractivity contribution in [3.05, 3.63) is 23.2 Å². The first-order chi connectivity index (χ1) is 11.2. The highest BCUT2D eigenvalue weighted by molar-refractivity contribution is 6.32. The molecule has 1 saturated carbocycles. The van der Waals surface area contributed by atoms with Crippen LogP contribution < -0.4 is 10.5 Å². The standard InChI is InChI=1S/C17H25ClN2O4/c1-17(2,3)24-16(22)20(12-5-6-12)9-13(21)10-23-15-7-4-11(19)8-14(15)18/h4,7-8,12-13,21H,5-6,9-10,19H2,1-3H3. The fourth-order valence-corrected chi connectivity index (χ4v) is 2.42. The van der Waals surface area contributed by atoms with Gasteiger partial charge in [-0.05, 0) is 51.8 Å². The highest BCUT2D eigenvalue weighted by atomic mass is 35.5. The molecule has 1 amide bonds. The summed E-state index contributed by atoms with van der Waals surface area (Å²) in [4.78, 5) is 13.8. The average molecular weight is 357 g/mol. The van der Waals surface area contributed by atoms with Crippen LogP contribution in [0.3, 0.4) is 0 Å². The second-order valence-electron chi connectivity index (χ2n) is 7.02. The lowest BCUT2D eigenvalue weighted by atomic mass is 10.2. The molecule has 0 heterocycles. The van der Waals surface area contributed by atoms with E-state index in [0.717, 1.165) is 12.8 Å². The fourth-order valence-electron chi connectivity index (χ4n) is 2.18. The molecule has 0 aliphatic heterocycles. The molecule has 0 radical (unpaired) electrons. The van der Waals surface area contributed by atoms with Crippen molar-refractivity contribution < 1.29 is 19.4 Å². The molecular weight excluding hydrogens is 332 g/mol. The van der Waals surface area contributed by atoms with Crippen molar-refractivity contribution in [1.82, 2.24) is 4.90 Å². The molecule has 6 nitrogen and oxygen atoms in total. The molecule has 0 saturated heterocycles. The summed E-state index contributed by atoms with van der Waals surface area (Å²) >= 11 is 6.03.